The van der Waals surface area contributed by atoms with Crippen molar-refractivity contribution < 1.29 is 19.1 Å². The van der Waals surface area contributed by atoms with Crippen molar-refractivity contribution in [3.63, 3.8) is 0 Å². The summed E-state index contributed by atoms with van der Waals surface area (Å²) in [5.41, 5.74) is 0.396. The summed E-state index contributed by atoms with van der Waals surface area (Å²) in [5, 5.41) is 14.5. The number of benzene rings is 1. The van der Waals surface area contributed by atoms with E-state index < -0.39 is 17.8 Å². The quantitative estimate of drug-likeness (QED) is 0.751. The lowest BCUT2D eigenvalue weighted by Gasteiger charge is -2.12. The van der Waals surface area contributed by atoms with E-state index in [0.29, 0.717) is 18.0 Å². The summed E-state index contributed by atoms with van der Waals surface area (Å²) in [5.74, 6) is -0.838. The molecule has 6 heteroatoms. The van der Waals surface area contributed by atoms with Gasteiger partial charge in [-0.2, -0.15) is 0 Å². The summed E-state index contributed by atoms with van der Waals surface area (Å²) in [4.78, 5) is 24.1. The molecule has 1 aromatic carbocycles. The molecule has 1 saturated carbocycles. The van der Waals surface area contributed by atoms with E-state index in [9.17, 15) is 19.1 Å². The molecule has 2 amide bonds. The predicted octanol–water partition coefficient (Wildman–Crippen LogP) is 1.92. The van der Waals surface area contributed by atoms with Gasteiger partial charge in [0, 0.05) is 12.5 Å². The first-order valence-corrected chi connectivity index (χ1v) is 7.45. The third-order valence-electron chi connectivity index (χ3n) is 3.78. The van der Waals surface area contributed by atoms with Crippen LogP contribution in [0, 0.1) is 17.7 Å². The SMILES string of the molecule is CC(O)CCNC(=O)c1cc(F)ccc1NC(=O)C1CC1C. The fourth-order valence-corrected chi connectivity index (χ4v) is 2.22. The topological polar surface area (TPSA) is 78.4 Å². The minimum Gasteiger partial charge on any atom is -0.393 e. The van der Waals surface area contributed by atoms with E-state index >= 15 is 0 Å². The Labute approximate surface area is 128 Å². The Kier molecular flexibility index (Phi) is 5.13. The molecule has 0 aromatic heterocycles. The maximum Gasteiger partial charge on any atom is 0.253 e. The van der Waals surface area contributed by atoms with E-state index in [-0.39, 0.29) is 23.9 Å². The molecule has 3 N–H and O–H groups in total. The molecule has 0 aliphatic heterocycles. The molecule has 0 saturated heterocycles. The zero-order valence-electron chi connectivity index (χ0n) is 12.7. The maximum absolute atomic E-state index is 13.4. The van der Waals surface area contributed by atoms with Crippen LogP contribution in [0.5, 0.6) is 0 Å². The Hall–Kier alpha value is -1.95. The Morgan fingerprint density at radius 1 is 1.45 bits per heavy atom. The van der Waals surface area contributed by atoms with Gasteiger partial charge in [-0.05, 0) is 43.9 Å². The van der Waals surface area contributed by atoms with Crippen LogP contribution in [-0.2, 0) is 4.79 Å². The molecule has 0 spiro atoms. The number of nitrogens with one attached hydrogen (secondary N) is 2. The van der Waals surface area contributed by atoms with Gasteiger partial charge in [0.15, 0.2) is 0 Å². The average molecular weight is 308 g/mol. The van der Waals surface area contributed by atoms with Gasteiger partial charge in [-0.3, -0.25) is 9.59 Å². The molecule has 5 nitrogen and oxygen atoms in total. The molecule has 1 aromatic rings. The normalized spacial score (nSPS) is 21.1. The number of rotatable bonds is 6. The molecule has 1 aliphatic carbocycles. The van der Waals surface area contributed by atoms with E-state index in [1.165, 1.54) is 12.1 Å². The van der Waals surface area contributed by atoms with Crippen molar-refractivity contribution in [2.24, 2.45) is 11.8 Å². The molecule has 1 aliphatic rings. The van der Waals surface area contributed by atoms with Crippen molar-refractivity contribution in [1.82, 2.24) is 5.32 Å². The number of amides is 2. The van der Waals surface area contributed by atoms with Gasteiger partial charge in [0.2, 0.25) is 5.91 Å². The van der Waals surface area contributed by atoms with E-state index in [2.05, 4.69) is 10.6 Å². The van der Waals surface area contributed by atoms with Gasteiger partial charge < -0.3 is 15.7 Å². The van der Waals surface area contributed by atoms with E-state index in [0.717, 1.165) is 12.5 Å². The predicted molar refractivity (Wildman–Crippen MR) is 80.9 cm³/mol. The summed E-state index contributed by atoms with van der Waals surface area (Å²) < 4.78 is 13.4. The van der Waals surface area contributed by atoms with Crippen molar-refractivity contribution in [3.8, 4) is 0 Å². The number of hydrogen-bond acceptors (Lipinski definition) is 3. The minimum atomic E-state index is -0.543. The first-order valence-electron chi connectivity index (χ1n) is 7.45. The van der Waals surface area contributed by atoms with Gasteiger partial charge in [-0.1, -0.05) is 6.92 Å². The monoisotopic (exact) mass is 308 g/mol. The van der Waals surface area contributed by atoms with Crippen molar-refractivity contribution in [2.75, 3.05) is 11.9 Å². The number of carbonyl (C=O) groups is 2. The second-order valence-corrected chi connectivity index (χ2v) is 5.89. The first-order chi connectivity index (χ1) is 10.4. The number of aliphatic hydroxyl groups is 1. The summed E-state index contributed by atoms with van der Waals surface area (Å²) in [6.45, 7) is 3.88. The molecule has 0 bridgehead atoms. The van der Waals surface area contributed by atoms with Gasteiger partial charge in [-0.25, -0.2) is 4.39 Å². The smallest absolute Gasteiger partial charge is 0.253 e. The third kappa shape index (κ3) is 4.27. The Morgan fingerprint density at radius 3 is 2.73 bits per heavy atom. The van der Waals surface area contributed by atoms with E-state index in [4.69, 9.17) is 0 Å². The number of carbonyl (C=O) groups excluding carboxylic acids is 2. The summed E-state index contributed by atoms with van der Waals surface area (Å²) in [7, 11) is 0. The lowest BCUT2D eigenvalue weighted by molar-refractivity contribution is -0.117. The second-order valence-electron chi connectivity index (χ2n) is 5.89. The fraction of sp³-hybridized carbons (Fsp3) is 0.500. The Bertz CT molecular complexity index is 575. The molecule has 2 rings (SSSR count). The van der Waals surface area contributed by atoms with Crippen molar-refractivity contribution in [3.05, 3.63) is 29.6 Å². The third-order valence-corrected chi connectivity index (χ3v) is 3.78. The number of anilines is 1. The van der Waals surface area contributed by atoms with Crippen molar-refractivity contribution in [2.45, 2.75) is 32.8 Å². The summed E-state index contributed by atoms with van der Waals surface area (Å²) in [6, 6.07) is 3.70. The largest absolute Gasteiger partial charge is 0.393 e. The molecule has 22 heavy (non-hydrogen) atoms. The summed E-state index contributed by atoms with van der Waals surface area (Å²) in [6.07, 6.45) is 0.717. The molecule has 0 radical (unpaired) electrons. The molecule has 0 heterocycles. The molecule has 3 unspecified atom stereocenters. The van der Waals surface area contributed by atoms with Crippen LogP contribution < -0.4 is 10.6 Å². The van der Waals surface area contributed by atoms with Crippen LogP contribution in [0.4, 0.5) is 10.1 Å². The van der Waals surface area contributed by atoms with Crippen LogP contribution in [0.2, 0.25) is 0 Å². The van der Waals surface area contributed by atoms with Crippen LogP contribution >= 0.6 is 0 Å². The fourth-order valence-electron chi connectivity index (χ4n) is 2.22. The standard InChI is InChI=1S/C16H21FN2O3/c1-9-7-12(9)16(22)19-14-4-3-11(17)8-13(14)15(21)18-6-5-10(2)20/h3-4,8-10,12,20H,5-7H2,1-2H3,(H,18,21)(H,19,22). The Morgan fingerprint density at radius 2 is 2.14 bits per heavy atom. The molecular formula is C16H21FN2O3. The zero-order chi connectivity index (χ0) is 16.3. The number of halogens is 1. The van der Waals surface area contributed by atoms with Crippen LogP contribution in [-0.4, -0.2) is 29.6 Å². The summed E-state index contributed by atoms with van der Waals surface area (Å²) >= 11 is 0. The highest BCUT2D eigenvalue weighted by atomic mass is 19.1. The average Bonchev–Trinajstić information content (AvgIpc) is 3.17. The maximum atomic E-state index is 13.4. The second kappa shape index (κ2) is 6.87. The first kappa shape index (κ1) is 16.4. The van der Waals surface area contributed by atoms with E-state index in [1.54, 1.807) is 6.92 Å². The number of aliphatic hydroxyl groups excluding tert-OH is 1. The molecular weight excluding hydrogens is 287 g/mol. The highest BCUT2D eigenvalue weighted by molar-refractivity contribution is 6.04. The van der Waals surface area contributed by atoms with Crippen LogP contribution in [0.25, 0.3) is 0 Å². The van der Waals surface area contributed by atoms with Gasteiger partial charge in [-0.15, -0.1) is 0 Å². The zero-order valence-corrected chi connectivity index (χ0v) is 12.7. The minimum absolute atomic E-state index is 0.0313. The van der Waals surface area contributed by atoms with E-state index in [1.807, 2.05) is 6.92 Å². The highest BCUT2D eigenvalue weighted by Gasteiger charge is 2.39. The van der Waals surface area contributed by atoms with Crippen LogP contribution in [0.3, 0.4) is 0 Å². The highest BCUT2D eigenvalue weighted by Crippen LogP contribution is 2.38. The lowest BCUT2D eigenvalue weighted by atomic mass is 10.1. The van der Waals surface area contributed by atoms with Gasteiger partial charge >= 0.3 is 0 Å². The Balaban J connectivity index is 2.06. The van der Waals surface area contributed by atoms with Gasteiger partial charge in [0.1, 0.15) is 5.82 Å². The van der Waals surface area contributed by atoms with Crippen LogP contribution in [0.15, 0.2) is 18.2 Å². The van der Waals surface area contributed by atoms with Crippen molar-refractivity contribution in [1.29, 1.82) is 0 Å². The molecule has 1 fully saturated rings. The van der Waals surface area contributed by atoms with Gasteiger partial charge in [0.25, 0.3) is 5.91 Å². The lowest BCUT2D eigenvalue weighted by Crippen LogP contribution is -2.28. The van der Waals surface area contributed by atoms with Gasteiger partial charge in [0.05, 0.1) is 17.4 Å². The molecule has 120 valence electrons. The van der Waals surface area contributed by atoms with Crippen molar-refractivity contribution >= 4 is 17.5 Å². The molecule has 3 atom stereocenters. The number of hydrogen-bond donors (Lipinski definition) is 3. The van der Waals surface area contributed by atoms with Crippen LogP contribution in [0.1, 0.15) is 37.0 Å².